The van der Waals surface area contributed by atoms with E-state index in [1.54, 1.807) is 42.4 Å². The zero-order valence-electron chi connectivity index (χ0n) is 21.4. The Hall–Kier alpha value is -5.17. The number of pyridine rings is 1. The van der Waals surface area contributed by atoms with Crippen LogP contribution < -0.4 is 4.90 Å². The average molecular weight is 518 g/mol. The van der Waals surface area contributed by atoms with Gasteiger partial charge in [0.2, 0.25) is 0 Å². The Labute approximate surface area is 226 Å². The third-order valence-corrected chi connectivity index (χ3v) is 6.54. The van der Waals surface area contributed by atoms with Crippen LogP contribution in [0.15, 0.2) is 109 Å². The van der Waals surface area contributed by atoms with Crippen molar-refractivity contribution < 1.29 is 19.8 Å². The van der Waals surface area contributed by atoms with Crippen LogP contribution in [0.2, 0.25) is 0 Å². The summed E-state index contributed by atoms with van der Waals surface area (Å²) in [6.07, 6.45) is 1.74. The van der Waals surface area contributed by atoms with Crippen molar-refractivity contribution in [2.24, 2.45) is 0 Å². The Morgan fingerprint density at radius 2 is 1.51 bits per heavy atom. The topological polar surface area (TPSA) is 94.0 Å². The number of aromatic hydroxyl groups is 2. The molecule has 0 aliphatic carbocycles. The molecule has 0 aliphatic heterocycles. The van der Waals surface area contributed by atoms with E-state index in [9.17, 15) is 19.8 Å². The molecule has 1 heterocycles. The van der Waals surface area contributed by atoms with Gasteiger partial charge in [-0.1, -0.05) is 54.6 Å². The quantitative estimate of drug-likeness (QED) is 0.286. The molecule has 0 atom stereocenters. The van der Waals surface area contributed by atoms with Gasteiger partial charge in [-0.25, -0.2) is 0 Å². The summed E-state index contributed by atoms with van der Waals surface area (Å²) in [5.74, 6) is -1.04. The van der Waals surface area contributed by atoms with Crippen molar-refractivity contribution in [1.82, 2.24) is 9.88 Å². The molecule has 0 aliphatic rings. The van der Waals surface area contributed by atoms with E-state index in [2.05, 4.69) is 4.98 Å². The molecule has 5 rings (SSSR count). The lowest BCUT2D eigenvalue weighted by atomic mass is 10.1. The van der Waals surface area contributed by atoms with E-state index in [0.29, 0.717) is 17.8 Å². The molecule has 1 aromatic heterocycles. The number of rotatable bonds is 7. The summed E-state index contributed by atoms with van der Waals surface area (Å²) in [6.45, 7) is 0.648. The van der Waals surface area contributed by atoms with Crippen LogP contribution in [0.4, 0.5) is 5.69 Å². The zero-order valence-corrected chi connectivity index (χ0v) is 21.4. The van der Waals surface area contributed by atoms with Crippen molar-refractivity contribution in [3.8, 4) is 11.5 Å². The number of aromatic nitrogens is 1. The van der Waals surface area contributed by atoms with Crippen LogP contribution in [0.1, 0.15) is 31.8 Å². The van der Waals surface area contributed by atoms with Crippen molar-refractivity contribution >= 4 is 28.4 Å². The summed E-state index contributed by atoms with van der Waals surface area (Å²) in [5, 5.41) is 21.0. The highest BCUT2D eigenvalue weighted by molar-refractivity contribution is 6.08. The number of para-hydroxylation sites is 1. The molecule has 194 valence electrons. The molecule has 0 spiro atoms. The summed E-state index contributed by atoms with van der Waals surface area (Å²) in [6, 6.07) is 30.0. The molecule has 7 heteroatoms. The molecule has 2 N–H and O–H groups in total. The van der Waals surface area contributed by atoms with Crippen LogP contribution in [-0.4, -0.2) is 39.0 Å². The lowest BCUT2D eigenvalue weighted by Crippen LogP contribution is -2.31. The molecule has 0 unspecified atom stereocenters. The number of carbonyl (C=O) groups is 2. The Balaban J connectivity index is 1.40. The van der Waals surface area contributed by atoms with Gasteiger partial charge in [-0.2, -0.15) is 0 Å². The number of hydrogen-bond acceptors (Lipinski definition) is 5. The van der Waals surface area contributed by atoms with Crippen molar-refractivity contribution in [2.75, 3.05) is 11.9 Å². The van der Waals surface area contributed by atoms with Crippen LogP contribution >= 0.6 is 0 Å². The number of fused-ring (bicyclic) bond motifs is 1. The smallest absolute Gasteiger partial charge is 0.262 e. The Bertz CT molecular complexity index is 1630. The van der Waals surface area contributed by atoms with Crippen LogP contribution in [0.5, 0.6) is 11.5 Å². The molecule has 39 heavy (non-hydrogen) atoms. The maximum atomic E-state index is 13.5. The van der Waals surface area contributed by atoms with E-state index in [1.165, 1.54) is 17.0 Å². The fourth-order valence-corrected chi connectivity index (χ4v) is 4.52. The number of carbonyl (C=O) groups excluding carboxylic acids is 2. The summed E-state index contributed by atoms with van der Waals surface area (Å²) >= 11 is 0. The van der Waals surface area contributed by atoms with Crippen molar-refractivity contribution in [3.63, 3.8) is 0 Å². The van der Waals surface area contributed by atoms with Gasteiger partial charge in [-0.3, -0.25) is 14.6 Å². The third-order valence-electron chi connectivity index (χ3n) is 6.54. The minimum absolute atomic E-state index is 0.0623. The molecule has 7 nitrogen and oxygen atoms in total. The second-order valence-electron chi connectivity index (χ2n) is 9.28. The van der Waals surface area contributed by atoms with Crippen molar-refractivity contribution in [2.45, 2.75) is 13.1 Å². The molecular weight excluding hydrogens is 490 g/mol. The highest BCUT2D eigenvalue weighted by Gasteiger charge is 2.22. The van der Waals surface area contributed by atoms with Gasteiger partial charge in [-0.15, -0.1) is 0 Å². The highest BCUT2D eigenvalue weighted by atomic mass is 16.3. The Kier molecular flexibility index (Phi) is 7.23. The summed E-state index contributed by atoms with van der Waals surface area (Å²) in [4.78, 5) is 34.4. The van der Waals surface area contributed by atoms with Gasteiger partial charge < -0.3 is 20.0 Å². The van der Waals surface area contributed by atoms with Crippen molar-refractivity contribution in [1.29, 1.82) is 0 Å². The van der Waals surface area contributed by atoms with E-state index < -0.39 is 5.91 Å². The van der Waals surface area contributed by atoms with E-state index in [4.69, 9.17) is 0 Å². The van der Waals surface area contributed by atoms with Gasteiger partial charge in [0.05, 0.1) is 17.6 Å². The first kappa shape index (κ1) is 25.5. The molecule has 4 aromatic carbocycles. The first-order valence-electron chi connectivity index (χ1n) is 12.5. The maximum Gasteiger partial charge on any atom is 0.262 e. The SMILES string of the molecule is CN(Cc1cccc2cccnc12)C(=O)c1ccc(N(Cc2ccccc2)C(=O)c2ccc(O)cc2O)cc1. The normalized spacial score (nSPS) is 10.8. The zero-order chi connectivity index (χ0) is 27.4. The predicted molar refractivity (Wildman–Crippen MR) is 151 cm³/mol. The van der Waals surface area contributed by atoms with E-state index >= 15 is 0 Å². The molecule has 2 amide bonds. The van der Waals surface area contributed by atoms with Gasteiger partial charge in [0.25, 0.3) is 11.8 Å². The number of phenolic OH excluding ortho intramolecular Hbond substituents is 2. The van der Waals surface area contributed by atoms with E-state index in [1.807, 2.05) is 60.7 Å². The molecule has 0 saturated heterocycles. The summed E-state index contributed by atoms with van der Waals surface area (Å²) in [7, 11) is 1.75. The fourth-order valence-electron chi connectivity index (χ4n) is 4.52. The minimum Gasteiger partial charge on any atom is -0.508 e. The van der Waals surface area contributed by atoms with Gasteiger partial charge in [0.1, 0.15) is 11.5 Å². The van der Waals surface area contributed by atoms with Gasteiger partial charge in [0, 0.05) is 42.5 Å². The molecule has 0 radical (unpaired) electrons. The van der Waals surface area contributed by atoms with Crippen LogP contribution in [-0.2, 0) is 13.1 Å². The summed E-state index contributed by atoms with van der Waals surface area (Å²) in [5.41, 5.74) is 3.82. The number of benzene rings is 4. The number of nitrogens with zero attached hydrogens (tertiary/aromatic N) is 3. The van der Waals surface area contributed by atoms with Crippen LogP contribution in [0, 0.1) is 0 Å². The highest BCUT2D eigenvalue weighted by Crippen LogP contribution is 2.28. The lowest BCUT2D eigenvalue weighted by Gasteiger charge is -2.24. The maximum absolute atomic E-state index is 13.5. The standard InChI is InChI=1S/C32H27N3O4/c1-34(21-25-10-5-9-23-11-6-18-33-30(23)25)31(38)24-12-14-26(15-13-24)35(20-22-7-3-2-4-8-22)32(39)28-17-16-27(36)19-29(28)37/h2-19,36-37H,20-21H2,1H3. The fraction of sp³-hybridized carbons (Fsp3) is 0.0938. The van der Waals surface area contributed by atoms with E-state index in [-0.39, 0.29) is 29.5 Å². The molecule has 0 bridgehead atoms. The summed E-state index contributed by atoms with van der Waals surface area (Å²) < 4.78 is 0. The molecule has 5 aromatic rings. The van der Waals surface area contributed by atoms with Crippen LogP contribution in [0.3, 0.4) is 0 Å². The molecular formula is C32H27N3O4. The molecule has 0 saturated carbocycles. The first-order chi connectivity index (χ1) is 18.9. The third kappa shape index (κ3) is 5.57. The van der Waals surface area contributed by atoms with Gasteiger partial charge in [-0.05, 0) is 53.6 Å². The average Bonchev–Trinajstić information content (AvgIpc) is 2.96. The van der Waals surface area contributed by atoms with Gasteiger partial charge in [0.15, 0.2) is 0 Å². The van der Waals surface area contributed by atoms with Crippen LogP contribution in [0.25, 0.3) is 10.9 Å². The Morgan fingerprint density at radius 3 is 2.26 bits per heavy atom. The number of hydrogen-bond donors (Lipinski definition) is 2. The minimum atomic E-state index is -0.434. The second kappa shape index (κ2) is 11.1. The van der Waals surface area contributed by atoms with Gasteiger partial charge >= 0.3 is 0 Å². The lowest BCUT2D eigenvalue weighted by molar-refractivity contribution is 0.0785. The Morgan fingerprint density at radius 1 is 0.769 bits per heavy atom. The second-order valence-corrected chi connectivity index (χ2v) is 9.28. The van der Waals surface area contributed by atoms with Crippen molar-refractivity contribution in [3.05, 3.63) is 132 Å². The largest absolute Gasteiger partial charge is 0.508 e. The monoisotopic (exact) mass is 517 g/mol. The number of phenols is 2. The number of amides is 2. The molecule has 0 fully saturated rings. The number of anilines is 1. The first-order valence-corrected chi connectivity index (χ1v) is 12.5. The predicted octanol–water partition coefficient (Wildman–Crippen LogP) is 5.77. The van der Waals surface area contributed by atoms with E-state index in [0.717, 1.165) is 28.1 Å².